The van der Waals surface area contributed by atoms with Crippen LogP contribution in [0.4, 0.5) is 4.39 Å². The van der Waals surface area contributed by atoms with Crippen molar-refractivity contribution in [3.8, 4) is 0 Å². The lowest BCUT2D eigenvalue weighted by atomic mass is 10.0. The average Bonchev–Trinajstić information content (AvgIpc) is 2.83. The number of nitrogens with zero attached hydrogens (tertiary/aromatic N) is 1. The zero-order valence-electron chi connectivity index (χ0n) is 22.2. The van der Waals surface area contributed by atoms with Crippen molar-refractivity contribution in [2.24, 2.45) is 5.92 Å². The number of thioether (sulfide) groups is 1. The van der Waals surface area contributed by atoms with E-state index >= 15 is 0 Å². The fourth-order valence-electron chi connectivity index (χ4n) is 3.50. The molecule has 1 unspecified atom stereocenters. The van der Waals surface area contributed by atoms with Crippen LogP contribution in [0.2, 0.25) is 0 Å². The summed E-state index contributed by atoms with van der Waals surface area (Å²) in [6.45, 7) is 8.03. The first kappa shape index (κ1) is 31.1. The maximum Gasteiger partial charge on any atom is 0.324 e. The molecular formula is C26H35FN4O6S. The first-order valence-electron chi connectivity index (χ1n) is 12.2. The van der Waals surface area contributed by atoms with Crippen LogP contribution in [0.15, 0.2) is 35.6 Å². The monoisotopic (exact) mass is 550 g/mol. The summed E-state index contributed by atoms with van der Waals surface area (Å²) in [6, 6.07) is 1.29. The van der Waals surface area contributed by atoms with E-state index in [2.05, 4.69) is 20.9 Å². The molecule has 0 spiro atoms. The van der Waals surface area contributed by atoms with Gasteiger partial charge in [-0.3, -0.25) is 24.5 Å². The van der Waals surface area contributed by atoms with Gasteiger partial charge in [0, 0.05) is 12.7 Å². The van der Waals surface area contributed by atoms with Crippen molar-refractivity contribution in [1.29, 1.82) is 0 Å². The Morgan fingerprint density at radius 3 is 2.61 bits per heavy atom. The van der Waals surface area contributed by atoms with E-state index in [4.69, 9.17) is 4.74 Å². The van der Waals surface area contributed by atoms with Crippen LogP contribution in [-0.4, -0.2) is 57.1 Å². The fraction of sp³-hybridized carbons (Fsp3) is 0.500. The minimum atomic E-state index is -1.45. The Hall–Kier alpha value is -3.09. The number of halogens is 1. The van der Waals surface area contributed by atoms with E-state index in [1.54, 1.807) is 39.8 Å². The van der Waals surface area contributed by atoms with Crippen LogP contribution < -0.4 is 16.0 Å². The van der Waals surface area contributed by atoms with Crippen molar-refractivity contribution in [3.05, 3.63) is 52.8 Å². The summed E-state index contributed by atoms with van der Waals surface area (Å²) in [5, 5.41) is 18.8. The molecule has 2 rings (SSSR count). The van der Waals surface area contributed by atoms with Gasteiger partial charge in [-0.15, -0.1) is 0 Å². The van der Waals surface area contributed by atoms with E-state index in [9.17, 15) is 28.7 Å². The van der Waals surface area contributed by atoms with Crippen molar-refractivity contribution in [3.63, 3.8) is 0 Å². The predicted molar refractivity (Wildman–Crippen MR) is 141 cm³/mol. The molecule has 1 aromatic heterocycles. The standard InChI is InChI=1S/C26H35FN4O6S/c1-14(2)22-25(35)31-23(15(3)4)26(36)37-17(8-6-7-11-38-16(5)32)12-21(33)28-13-20-18(27)9-10-19(29-20)24(34)30-22/h6,8-10,15,17,23,25,31,35H,7,11-13H2,1-5H3,(H,28,33)(H,30,34)/b8-6+/t17-,23+,25?/m1/s1. The number of aliphatic hydroxyl groups is 1. The van der Waals surface area contributed by atoms with Crippen LogP contribution in [0.25, 0.3) is 0 Å². The number of carbonyl (C=O) groups excluding carboxylic acids is 4. The van der Waals surface area contributed by atoms with Crippen molar-refractivity contribution in [2.45, 2.75) is 72.4 Å². The van der Waals surface area contributed by atoms with Gasteiger partial charge in [0.1, 0.15) is 29.9 Å². The SMILES string of the molecule is CC(=O)SCC/C=C/[C@@H]1CC(=O)NCc2nc(ccc2F)C(=O)NC(=C(C)C)C(O)N[C@@H](C(C)C)C(=O)O1. The molecule has 12 heteroatoms. The van der Waals surface area contributed by atoms with E-state index < -0.39 is 42.0 Å². The van der Waals surface area contributed by atoms with Crippen LogP contribution >= 0.6 is 11.8 Å². The third-order valence-electron chi connectivity index (χ3n) is 5.52. The number of carbonyl (C=O) groups is 4. The quantitative estimate of drug-likeness (QED) is 0.246. The van der Waals surface area contributed by atoms with Gasteiger partial charge in [-0.1, -0.05) is 37.3 Å². The topological polar surface area (TPSA) is 147 Å². The molecule has 2 amide bonds. The molecule has 2 heterocycles. The molecule has 0 aliphatic carbocycles. The maximum atomic E-state index is 14.3. The van der Waals surface area contributed by atoms with Gasteiger partial charge in [-0.2, -0.15) is 0 Å². The summed E-state index contributed by atoms with van der Waals surface area (Å²) in [7, 11) is 0. The number of nitrogens with one attached hydrogen (secondary N) is 3. The number of esters is 1. The summed E-state index contributed by atoms with van der Waals surface area (Å²) >= 11 is 1.15. The zero-order chi connectivity index (χ0) is 28.4. The number of pyridine rings is 1. The van der Waals surface area contributed by atoms with Crippen molar-refractivity contribution in [2.75, 3.05) is 5.75 Å². The lowest BCUT2D eigenvalue weighted by molar-refractivity contribution is -0.152. The van der Waals surface area contributed by atoms with E-state index in [1.807, 2.05) is 0 Å². The minimum absolute atomic E-state index is 0.0184. The molecular weight excluding hydrogens is 515 g/mol. The largest absolute Gasteiger partial charge is 0.456 e. The van der Waals surface area contributed by atoms with E-state index in [0.29, 0.717) is 17.7 Å². The molecule has 38 heavy (non-hydrogen) atoms. The third-order valence-corrected chi connectivity index (χ3v) is 6.36. The molecule has 0 aromatic carbocycles. The molecule has 3 atom stereocenters. The summed E-state index contributed by atoms with van der Waals surface area (Å²) in [6.07, 6.45) is 1.14. The number of hydrogen-bond donors (Lipinski definition) is 4. The second-order valence-electron chi connectivity index (χ2n) is 9.30. The fourth-order valence-corrected chi connectivity index (χ4v) is 4.04. The average molecular weight is 551 g/mol. The second kappa shape index (κ2) is 14.7. The van der Waals surface area contributed by atoms with Gasteiger partial charge in [0.15, 0.2) is 5.12 Å². The zero-order valence-corrected chi connectivity index (χ0v) is 23.0. The first-order valence-corrected chi connectivity index (χ1v) is 13.2. The van der Waals surface area contributed by atoms with Gasteiger partial charge in [-0.05, 0) is 44.4 Å². The normalized spacial score (nSPS) is 21.7. The van der Waals surface area contributed by atoms with E-state index in [0.717, 1.165) is 17.8 Å². The first-order chi connectivity index (χ1) is 17.9. The molecule has 0 saturated carbocycles. The van der Waals surface area contributed by atoms with Gasteiger partial charge in [-0.25, -0.2) is 9.37 Å². The number of allylic oxidation sites excluding steroid dienone is 2. The molecule has 208 valence electrons. The van der Waals surface area contributed by atoms with Gasteiger partial charge >= 0.3 is 5.97 Å². The number of aliphatic hydroxyl groups excluding tert-OH is 1. The number of amides is 2. The number of fused-ring (bicyclic) bond motifs is 2. The Morgan fingerprint density at radius 2 is 1.97 bits per heavy atom. The Labute approximate surface area is 225 Å². The van der Waals surface area contributed by atoms with Crippen molar-refractivity contribution in [1.82, 2.24) is 20.9 Å². The Kier molecular flexibility index (Phi) is 12.1. The van der Waals surface area contributed by atoms with Crippen molar-refractivity contribution < 1.29 is 33.4 Å². The highest BCUT2D eigenvalue weighted by atomic mass is 32.2. The molecule has 1 aromatic rings. The number of cyclic esters (lactones) is 1. The number of ether oxygens (including phenoxy) is 1. The highest BCUT2D eigenvalue weighted by molar-refractivity contribution is 8.13. The van der Waals surface area contributed by atoms with E-state index in [-0.39, 0.29) is 41.1 Å². The molecule has 0 saturated heterocycles. The molecule has 1 aliphatic heterocycles. The maximum absolute atomic E-state index is 14.3. The molecule has 1 aliphatic rings. The van der Waals surface area contributed by atoms with Crippen LogP contribution in [0, 0.1) is 11.7 Å². The number of hydrogen-bond acceptors (Lipinski definition) is 9. The molecule has 2 bridgehead atoms. The Morgan fingerprint density at radius 1 is 1.26 bits per heavy atom. The third kappa shape index (κ3) is 9.66. The molecule has 0 fully saturated rings. The van der Waals surface area contributed by atoms with Gasteiger partial charge in [0.2, 0.25) is 5.91 Å². The highest BCUT2D eigenvalue weighted by Gasteiger charge is 2.30. The summed E-state index contributed by atoms with van der Waals surface area (Å²) in [5.74, 6) is -2.44. The van der Waals surface area contributed by atoms with Crippen LogP contribution in [-0.2, 0) is 25.7 Å². The van der Waals surface area contributed by atoms with Crippen LogP contribution in [0.3, 0.4) is 0 Å². The Balaban J connectivity index is 2.41. The highest BCUT2D eigenvalue weighted by Crippen LogP contribution is 2.15. The van der Waals surface area contributed by atoms with E-state index in [1.165, 1.54) is 13.0 Å². The van der Waals surface area contributed by atoms with Gasteiger partial charge in [0.25, 0.3) is 5.91 Å². The molecule has 0 radical (unpaired) electrons. The Bertz CT molecular complexity index is 1100. The summed E-state index contributed by atoms with van der Waals surface area (Å²) in [4.78, 5) is 53.8. The number of aromatic nitrogens is 1. The second-order valence-corrected chi connectivity index (χ2v) is 10.6. The number of rotatable bonds is 5. The minimum Gasteiger partial charge on any atom is -0.456 e. The van der Waals surface area contributed by atoms with Crippen LogP contribution in [0.1, 0.15) is 63.6 Å². The lowest BCUT2D eigenvalue weighted by Gasteiger charge is -2.28. The van der Waals surface area contributed by atoms with Gasteiger partial charge in [0.05, 0.1) is 24.4 Å². The molecule has 10 nitrogen and oxygen atoms in total. The van der Waals surface area contributed by atoms with Crippen molar-refractivity contribution >= 4 is 34.7 Å². The molecule has 4 N–H and O–H groups in total. The lowest BCUT2D eigenvalue weighted by Crippen LogP contribution is -2.51. The predicted octanol–water partition coefficient (Wildman–Crippen LogP) is 2.33. The van der Waals surface area contributed by atoms with Crippen LogP contribution in [0.5, 0.6) is 0 Å². The van der Waals surface area contributed by atoms with Gasteiger partial charge < -0.3 is 20.5 Å². The summed E-state index contributed by atoms with van der Waals surface area (Å²) in [5.41, 5.74) is 0.411. The summed E-state index contributed by atoms with van der Waals surface area (Å²) < 4.78 is 20.0. The smallest absolute Gasteiger partial charge is 0.324 e.